The van der Waals surface area contributed by atoms with Crippen molar-refractivity contribution in [3.63, 3.8) is 0 Å². The van der Waals surface area contributed by atoms with E-state index in [9.17, 15) is 22.8 Å². The van der Waals surface area contributed by atoms with Crippen LogP contribution in [0.3, 0.4) is 0 Å². The first-order chi connectivity index (χ1) is 12.9. The lowest BCUT2D eigenvalue weighted by Gasteiger charge is -2.24. The number of carboxylic acid groups (broad SMARTS) is 1. The van der Waals surface area contributed by atoms with Crippen LogP contribution in [-0.2, 0) is 6.42 Å². The fourth-order valence-corrected chi connectivity index (χ4v) is 2.59. The van der Waals surface area contributed by atoms with Crippen LogP contribution in [-0.4, -0.2) is 29.0 Å². The molecule has 0 aliphatic carbocycles. The maximum Gasteiger partial charge on any atom is 0.573 e. The average molecular weight is 396 g/mol. The van der Waals surface area contributed by atoms with Crippen molar-refractivity contribution < 1.29 is 32.6 Å². The van der Waals surface area contributed by atoms with Gasteiger partial charge in [0.05, 0.1) is 0 Å². The minimum atomic E-state index is -4.84. The van der Waals surface area contributed by atoms with E-state index in [4.69, 9.17) is 5.11 Å². The number of halogens is 3. The van der Waals surface area contributed by atoms with Crippen molar-refractivity contribution >= 4 is 17.7 Å². The van der Waals surface area contributed by atoms with Crippen LogP contribution in [0.5, 0.6) is 5.75 Å². The molecule has 0 aliphatic rings. The highest BCUT2D eigenvalue weighted by atomic mass is 19.4. The van der Waals surface area contributed by atoms with Gasteiger partial charge in [0.2, 0.25) is 0 Å². The molecule has 0 saturated heterocycles. The standard InChI is InChI=1S/C19H19F3N2O4/c1-18(2,24-17(26)27)11-12-6-8-14(9-7-12)23-16(25)13-4-3-5-15(10-13)28-19(20,21)22/h3-10,24H,11H2,1-2H3,(H,23,25)(H,26,27). The molecule has 150 valence electrons. The normalized spacial score (nSPS) is 11.6. The third-order valence-corrected chi connectivity index (χ3v) is 3.63. The van der Waals surface area contributed by atoms with E-state index >= 15 is 0 Å². The van der Waals surface area contributed by atoms with Crippen LogP contribution in [0.15, 0.2) is 48.5 Å². The smallest absolute Gasteiger partial charge is 0.465 e. The number of anilines is 1. The highest BCUT2D eigenvalue weighted by molar-refractivity contribution is 6.04. The first-order valence-corrected chi connectivity index (χ1v) is 8.21. The fourth-order valence-electron chi connectivity index (χ4n) is 2.59. The number of alkyl halides is 3. The molecular formula is C19H19F3N2O4. The minimum absolute atomic E-state index is 0.0117. The quantitative estimate of drug-likeness (QED) is 0.674. The lowest BCUT2D eigenvalue weighted by molar-refractivity contribution is -0.274. The molecule has 9 heteroatoms. The van der Waals surface area contributed by atoms with Crippen LogP contribution >= 0.6 is 0 Å². The monoisotopic (exact) mass is 396 g/mol. The largest absolute Gasteiger partial charge is 0.573 e. The lowest BCUT2D eigenvalue weighted by atomic mass is 9.95. The molecule has 0 fully saturated rings. The van der Waals surface area contributed by atoms with Crippen molar-refractivity contribution in [3.05, 3.63) is 59.7 Å². The van der Waals surface area contributed by atoms with Gasteiger partial charge >= 0.3 is 12.5 Å². The summed E-state index contributed by atoms with van der Waals surface area (Å²) in [5.74, 6) is -1.07. The molecule has 2 aromatic rings. The molecule has 0 bridgehead atoms. The molecule has 0 saturated carbocycles. The second-order valence-electron chi connectivity index (χ2n) is 6.72. The third-order valence-electron chi connectivity index (χ3n) is 3.63. The molecular weight excluding hydrogens is 377 g/mol. The van der Waals surface area contributed by atoms with E-state index in [0.29, 0.717) is 12.1 Å². The van der Waals surface area contributed by atoms with E-state index < -0.39 is 29.7 Å². The van der Waals surface area contributed by atoms with Crippen LogP contribution < -0.4 is 15.4 Å². The SMILES string of the molecule is CC(C)(Cc1ccc(NC(=O)c2cccc(OC(F)(F)F)c2)cc1)NC(=O)O. The summed E-state index contributed by atoms with van der Waals surface area (Å²) in [6.07, 6.45) is -5.52. The molecule has 6 nitrogen and oxygen atoms in total. The van der Waals surface area contributed by atoms with Crippen LogP contribution in [0.2, 0.25) is 0 Å². The second-order valence-corrected chi connectivity index (χ2v) is 6.72. The van der Waals surface area contributed by atoms with Crippen molar-refractivity contribution in [1.82, 2.24) is 5.32 Å². The zero-order valence-corrected chi connectivity index (χ0v) is 15.1. The maximum absolute atomic E-state index is 12.3. The number of ether oxygens (including phenoxy) is 1. The van der Waals surface area contributed by atoms with Gasteiger partial charge in [-0.25, -0.2) is 4.79 Å². The Hall–Kier alpha value is -3.23. The third kappa shape index (κ3) is 6.82. The Morgan fingerprint density at radius 1 is 1.07 bits per heavy atom. The van der Waals surface area contributed by atoms with Gasteiger partial charge in [0.1, 0.15) is 5.75 Å². The number of carbonyl (C=O) groups is 2. The van der Waals surface area contributed by atoms with Gasteiger partial charge in [0.25, 0.3) is 5.91 Å². The van der Waals surface area contributed by atoms with Gasteiger partial charge in [-0.2, -0.15) is 0 Å². The topological polar surface area (TPSA) is 87.7 Å². The summed E-state index contributed by atoms with van der Waals surface area (Å²) in [6.45, 7) is 3.49. The summed E-state index contributed by atoms with van der Waals surface area (Å²) in [5, 5.41) is 13.8. The predicted octanol–water partition coefficient (Wildman–Crippen LogP) is 4.43. The van der Waals surface area contributed by atoms with E-state index in [1.807, 2.05) is 0 Å². The first-order valence-electron chi connectivity index (χ1n) is 8.21. The van der Waals surface area contributed by atoms with Crippen LogP contribution in [0.4, 0.5) is 23.7 Å². The zero-order valence-electron chi connectivity index (χ0n) is 15.1. The van der Waals surface area contributed by atoms with E-state index in [-0.39, 0.29) is 5.56 Å². The molecule has 0 spiro atoms. The summed E-state index contributed by atoms with van der Waals surface area (Å²) < 4.78 is 40.7. The van der Waals surface area contributed by atoms with Crippen molar-refractivity contribution in [2.45, 2.75) is 32.2 Å². The van der Waals surface area contributed by atoms with E-state index in [1.54, 1.807) is 38.1 Å². The molecule has 2 amide bonds. The highest BCUT2D eigenvalue weighted by Gasteiger charge is 2.31. The van der Waals surface area contributed by atoms with Gasteiger partial charge in [-0.15, -0.1) is 13.2 Å². The predicted molar refractivity (Wildman–Crippen MR) is 96.5 cm³/mol. The lowest BCUT2D eigenvalue weighted by Crippen LogP contribution is -2.44. The Morgan fingerprint density at radius 2 is 1.71 bits per heavy atom. The number of amides is 2. The molecule has 2 rings (SSSR count). The van der Waals surface area contributed by atoms with Crippen molar-refractivity contribution in [2.24, 2.45) is 0 Å². The van der Waals surface area contributed by atoms with Crippen LogP contribution in [0.1, 0.15) is 29.8 Å². The molecule has 0 heterocycles. The minimum Gasteiger partial charge on any atom is -0.465 e. The molecule has 0 aromatic heterocycles. The summed E-state index contributed by atoms with van der Waals surface area (Å²) in [7, 11) is 0. The molecule has 0 aliphatic heterocycles. The zero-order chi connectivity index (χ0) is 20.9. The van der Waals surface area contributed by atoms with Gasteiger partial charge in [-0.05, 0) is 56.2 Å². The second kappa shape index (κ2) is 8.20. The van der Waals surface area contributed by atoms with E-state index in [1.165, 1.54) is 12.1 Å². The van der Waals surface area contributed by atoms with Gasteiger partial charge in [0, 0.05) is 16.8 Å². The van der Waals surface area contributed by atoms with Crippen LogP contribution in [0, 0.1) is 0 Å². The van der Waals surface area contributed by atoms with E-state index in [0.717, 1.165) is 17.7 Å². The van der Waals surface area contributed by atoms with Crippen molar-refractivity contribution in [2.75, 3.05) is 5.32 Å². The van der Waals surface area contributed by atoms with Gasteiger partial charge in [-0.1, -0.05) is 18.2 Å². The summed E-state index contributed by atoms with van der Waals surface area (Å²) in [4.78, 5) is 23.0. The summed E-state index contributed by atoms with van der Waals surface area (Å²) >= 11 is 0. The molecule has 28 heavy (non-hydrogen) atoms. The first kappa shape index (κ1) is 21.1. The number of carbonyl (C=O) groups excluding carboxylic acids is 1. The average Bonchev–Trinajstić information content (AvgIpc) is 2.53. The number of hydrogen-bond acceptors (Lipinski definition) is 3. The molecule has 3 N–H and O–H groups in total. The Kier molecular flexibility index (Phi) is 6.17. The summed E-state index contributed by atoms with van der Waals surface area (Å²) in [6, 6.07) is 11.5. The molecule has 0 atom stereocenters. The van der Waals surface area contributed by atoms with Crippen molar-refractivity contribution in [1.29, 1.82) is 0 Å². The molecule has 0 radical (unpaired) electrons. The maximum atomic E-state index is 12.3. The van der Waals surface area contributed by atoms with E-state index in [2.05, 4.69) is 15.4 Å². The molecule has 0 unspecified atom stereocenters. The number of hydrogen-bond donors (Lipinski definition) is 3. The number of rotatable bonds is 6. The van der Waals surface area contributed by atoms with Gasteiger partial charge in [0.15, 0.2) is 0 Å². The molecule has 2 aromatic carbocycles. The fraction of sp³-hybridized carbons (Fsp3) is 0.263. The van der Waals surface area contributed by atoms with Gasteiger partial charge in [-0.3, -0.25) is 4.79 Å². The Morgan fingerprint density at radius 3 is 2.29 bits per heavy atom. The summed E-state index contributed by atoms with van der Waals surface area (Å²) in [5.41, 5.74) is 0.630. The Labute approximate surface area is 159 Å². The Bertz CT molecular complexity index is 849. The van der Waals surface area contributed by atoms with Gasteiger partial charge < -0.3 is 20.5 Å². The number of nitrogens with one attached hydrogen (secondary N) is 2. The van der Waals surface area contributed by atoms with Crippen LogP contribution in [0.25, 0.3) is 0 Å². The van der Waals surface area contributed by atoms with Crippen molar-refractivity contribution in [3.8, 4) is 5.75 Å². The highest BCUT2D eigenvalue weighted by Crippen LogP contribution is 2.24. The Balaban J connectivity index is 2.03. The number of benzene rings is 2.